The van der Waals surface area contributed by atoms with Gasteiger partial charge in [-0.2, -0.15) is 0 Å². The van der Waals surface area contributed by atoms with Crippen LogP contribution in [-0.4, -0.2) is 0 Å². The molecule has 0 heterocycles. The lowest BCUT2D eigenvalue weighted by Crippen LogP contribution is -2.22. The second-order valence-corrected chi connectivity index (χ2v) is 14.6. The second-order valence-electron chi connectivity index (χ2n) is 14.6. The van der Waals surface area contributed by atoms with Crippen molar-refractivity contribution >= 4 is 45.7 Å². The van der Waals surface area contributed by atoms with Crippen molar-refractivity contribution in [1.82, 2.24) is 0 Å². The quantitative estimate of drug-likeness (QED) is 0.168. The fourth-order valence-electron chi connectivity index (χ4n) is 8.50. The van der Waals surface area contributed by atoms with Gasteiger partial charge in [0.1, 0.15) is 0 Å². The summed E-state index contributed by atoms with van der Waals surface area (Å²) >= 11 is 0. The molecular formula is C54H40N2. The van der Waals surface area contributed by atoms with Crippen molar-refractivity contribution in [2.24, 2.45) is 11.8 Å². The van der Waals surface area contributed by atoms with E-state index >= 15 is 0 Å². The molecule has 0 saturated carbocycles. The Labute approximate surface area is 329 Å². The number of allylic oxidation sites excluding steroid dienone is 9. The summed E-state index contributed by atoms with van der Waals surface area (Å²) in [5.41, 5.74) is 18.1. The lowest BCUT2D eigenvalue weighted by Gasteiger charge is -2.36. The third-order valence-corrected chi connectivity index (χ3v) is 11.2. The van der Waals surface area contributed by atoms with E-state index in [1.807, 2.05) is 0 Å². The second kappa shape index (κ2) is 14.6. The van der Waals surface area contributed by atoms with Crippen LogP contribution < -0.4 is 10.2 Å². The minimum Gasteiger partial charge on any atom is -0.355 e. The molecule has 3 aliphatic rings. The van der Waals surface area contributed by atoms with E-state index in [9.17, 15) is 0 Å². The lowest BCUT2D eigenvalue weighted by atomic mass is 9.67. The van der Waals surface area contributed by atoms with E-state index < -0.39 is 0 Å². The molecule has 0 amide bonds. The number of anilines is 5. The zero-order chi connectivity index (χ0) is 37.3. The number of fused-ring (bicyclic) bond motifs is 5. The third kappa shape index (κ3) is 6.32. The molecule has 0 aliphatic heterocycles. The first-order chi connectivity index (χ1) is 27.8. The Balaban J connectivity index is 1.00. The van der Waals surface area contributed by atoms with Gasteiger partial charge in [0.2, 0.25) is 0 Å². The first-order valence-electron chi connectivity index (χ1n) is 19.4. The van der Waals surface area contributed by atoms with Crippen molar-refractivity contribution in [2.45, 2.75) is 0 Å². The normalized spacial score (nSPS) is 16.4. The number of hydrogen-bond acceptors (Lipinski definition) is 2. The maximum atomic E-state index is 3.83. The summed E-state index contributed by atoms with van der Waals surface area (Å²) < 4.78 is 0. The van der Waals surface area contributed by atoms with Crippen molar-refractivity contribution in [3.05, 3.63) is 241 Å². The van der Waals surface area contributed by atoms with Crippen molar-refractivity contribution in [1.29, 1.82) is 0 Å². The van der Waals surface area contributed by atoms with Gasteiger partial charge in [-0.15, -0.1) is 0 Å². The summed E-state index contributed by atoms with van der Waals surface area (Å²) in [6.45, 7) is 0. The molecule has 0 bridgehead atoms. The van der Waals surface area contributed by atoms with E-state index in [1.54, 1.807) is 0 Å². The molecule has 0 spiro atoms. The topological polar surface area (TPSA) is 15.3 Å². The number of hydrogen-bond donors (Lipinski definition) is 1. The van der Waals surface area contributed by atoms with Crippen LogP contribution in [0.4, 0.5) is 28.4 Å². The Kier molecular flexibility index (Phi) is 8.70. The Morgan fingerprint density at radius 3 is 1.59 bits per heavy atom. The molecule has 10 rings (SSSR count). The molecule has 1 N–H and O–H groups in total. The van der Waals surface area contributed by atoms with E-state index in [0.29, 0.717) is 5.92 Å². The van der Waals surface area contributed by atoms with Crippen LogP contribution in [0.3, 0.4) is 0 Å². The Morgan fingerprint density at radius 1 is 0.411 bits per heavy atom. The summed E-state index contributed by atoms with van der Waals surface area (Å²) in [4.78, 5) is 2.33. The highest BCUT2D eigenvalue weighted by atomic mass is 15.1. The number of benzene rings is 7. The summed E-state index contributed by atoms with van der Waals surface area (Å²) in [6.07, 6.45) is 16.1. The molecule has 3 aliphatic carbocycles. The third-order valence-electron chi connectivity index (χ3n) is 11.2. The average Bonchev–Trinajstić information content (AvgIpc) is 3.28. The summed E-state index contributed by atoms with van der Waals surface area (Å²) in [5, 5.41) is 3.83. The molecule has 0 fully saturated rings. The molecule has 2 nitrogen and oxygen atoms in total. The van der Waals surface area contributed by atoms with Crippen LogP contribution >= 0.6 is 0 Å². The molecule has 0 saturated heterocycles. The number of nitrogens with one attached hydrogen (secondary N) is 1. The van der Waals surface area contributed by atoms with Crippen LogP contribution in [0.2, 0.25) is 0 Å². The van der Waals surface area contributed by atoms with Crippen molar-refractivity contribution in [3.8, 4) is 22.3 Å². The molecule has 2 unspecified atom stereocenters. The monoisotopic (exact) mass is 716 g/mol. The van der Waals surface area contributed by atoms with Crippen molar-refractivity contribution < 1.29 is 0 Å². The molecule has 0 aromatic heterocycles. The van der Waals surface area contributed by atoms with Crippen LogP contribution in [0.1, 0.15) is 16.7 Å². The van der Waals surface area contributed by atoms with Crippen LogP contribution in [0, 0.1) is 11.8 Å². The molecule has 7 aromatic rings. The van der Waals surface area contributed by atoms with Gasteiger partial charge in [-0.1, -0.05) is 170 Å². The SMILES string of the molecule is C1=CC2=CC(c3ccccc3Nc3ccc(N(c4ccc(-c5ccccc5)cc4)c4ccc(-c5ccccc5)cc4)cc3)=C3c4ccccc4C=CC3C2C=C1. The molecule has 266 valence electrons. The van der Waals surface area contributed by atoms with E-state index in [4.69, 9.17) is 0 Å². The first-order valence-corrected chi connectivity index (χ1v) is 19.4. The number of rotatable bonds is 8. The highest BCUT2D eigenvalue weighted by Crippen LogP contribution is 2.50. The maximum absolute atomic E-state index is 3.83. The van der Waals surface area contributed by atoms with E-state index in [-0.39, 0.29) is 5.92 Å². The smallest absolute Gasteiger partial charge is 0.0464 e. The van der Waals surface area contributed by atoms with Crippen LogP contribution in [0.15, 0.2) is 224 Å². The van der Waals surface area contributed by atoms with E-state index in [2.05, 4.69) is 235 Å². The van der Waals surface area contributed by atoms with Gasteiger partial charge in [0.05, 0.1) is 0 Å². The Hall–Kier alpha value is -7.16. The number of para-hydroxylation sites is 1. The maximum Gasteiger partial charge on any atom is 0.0464 e. The highest BCUT2D eigenvalue weighted by Gasteiger charge is 2.34. The molecular weight excluding hydrogens is 677 g/mol. The Bertz CT molecular complexity index is 2590. The van der Waals surface area contributed by atoms with Gasteiger partial charge in [0.25, 0.3) is 0 Å². The van der Waals surface area contributed by atoms with Crippen molar-refractivity contribution in [2.75, 3.05) is 10.2 Å². The van der Waals surface area contributed by atoms with E-state index in [1.165, 1.54) is 55.7 Å². The van der Waals surface area contributed by atoms with Gasteiger partial charge in [0.15, 0.2) is 0 Å². The van der Waals surface area contributed by atoms with Gasteiger partial charge in [0, 0.05) is 45.8 Å². The zero-order valence-corrected chi connectivity index (χ0v) is 31.0. The van der Waals surface area contributed by atoms with Gasteiger partial charge in [-0.3, -0.25) is 0 Å². The first kappa shape index (κ1) is 33.4. The van der Waals surface area contributed by atoms with Crippen molar-refractivity contribution in [3.63, 3.8) is 0 Å². The largest absolute Gasteiger partial charge is 0.355 e. The van der Waals surface area contributed by atoms with Gasteiger partial charge in [-0.25, -0.2) is 0 Å². The lowest BCUT2D eigenvalue weighted by molar-refractivity contribution is 0.658. The predicted molar refractivity (Wildman–Crippen MR) is 237 cm³/mol. The fraction of sp³-hybridized carbons (Fsp3) is 0.0370. The van der Waals surface area contributed by atoms with Gasteiger partial charge in [-0.05, 0) is 105 Å². The van der Waals surface area contributed by atoms with Crippen LogP contribution in [0.5, 0.6) is 0 Å². The zero-order valence-electron chi connectivity index (χ0n) is 31.0. The molecule has 56 heavy (non-hydrogen) atoms. The highest BCUT2D eigenvalue weighted by molar-refractivity contribution is 6.04. The molecule has 7 aromatic carbocycles. The van der Waals surface area contributed by atoms with E-state index in [0.717, 1.165) is 28.4 Å². The van der Waals surface area contributed by atoms with Crippen LogP contribution in [-0.2, 0) is 0 Å². The van der Waals surface area contributed by atoms with Crippen LogP contribution in [0.25, 0.3) is 39.5 Å². The summed E-state index contributed by atoms with van der Waals surface area (Å²) in [5.74, 6) is 0.617. The molecule has 0 radical (unpaired) electrons. The Morgan fingerprint density at radius 2 is 0.946 bits per heavy atom. The summed E-state index contributed by atoms with van der Waals surface area (Å²) in [6, 6.07) is 65.2. The summed E-state index contributed by atoms with van der Waals surface area (Å²) in [7, 11) is 0. The van der Waals surface area contributed by atoms with Gasteiger partial charge < -0.3 is 10.2 Å². The number of nitrogens with zero attached hydrogens (tertiary/aromatic N) is 1. The predicted octanol–water partition coefficient (Wildman–Crippen LogP) is 14.5. The minimum atomic E-state index is 0.280. The minimum absolute atomic E-state index is 0.280. The molecule has 2 heteroatoms. The molecule has 2 atom stereocenters. The standard InChI is InChI=1S/C54H40N2/c1-3-13-38(14-4-1)40-23-30-45(31-24-40)56(46-32-25-41(26-33-46)39-15-5-2-6-16-39)47-34-28-44(29-35-47)55-53-22-12-11-21-50(53)52-37-43-18-8-9-19-48(43)51-36-27-42-17-7-10-20-49(42)54(51)52/h1-37,48,51,55H. The van der Waals surface area contributed by atoms with Gasteiger partial charge >= 0.3 is 0 Å². The average molecular weight is 717 g/mol. The fourth-order valence-corrected chi connectivity index (χ4v) is 8.50.